The fraction of sp³-hybridized carbons (Fsp3) is 0.235. The molecule has 6 nitrogen and oxygen atoms in total. The lowest BCUT2D eigenvalue weighted by Gasteiger charge is -2.20. The van der Waals surface area contributed by atoms with Gasteiger partial charge in [-0.25, -0.2) is 13.2 Å². The smallest absolute Gasteiger partial charge is 0.337 e. The Morgan fingerprint density at radius 1 is 1.04 bits per heavy atom. The lowest BCUT2D eigenvalue weighted by Crippen LogP contribution is -2.21. The van der Waals surface area contributed by atoms with Crippen molar-refractivity contribution in [3.63, 3.8) is 0 Å². The van der Waals surface area contributed by atoms with Crippen molar-refractivity contribution in [3.8, 4) is 0 Å². The number of benzene rings is 2. The molecule has 0 spiro atoms. The molecule has 0 unspecified atom stereocenters. The van der Waals surface area contributed by atoms with Gasteiger partial charge in [0, 0.05) is 18.8 Å². The van der Waals surface area contributed by atoms with E-state index >= 15 is 0 Å². The number of nitrogens with zero attached hydrogens (tertiary/aromatic N) is 1. The van der Waals surface area contributed by atoms with Crippen LogP contribution in [0, 0.1) is 0 Å². The third-order valence-electron chi connectivity index (χ3n) is 3.98. The van der Waals surface area contributed by atoms with Gasteiger partial charge in [0.15, 0.2) is 0 Å². The molecule has 126 valence electrons. The summed E-state index contributed by atoms with van der Waals surface area (Å²) in [6, 6.07) is 12.7. The summed E-state index contributed by atoms with van der Waals surface area (Å²) >= 11 is 0. The van der Waals surface area contributed by atoms with Crippen LogP contribution >= 0.6 is 0 Å². The fourth-order valence-electron chi connectivity index (χ4n) is 2.81. The van der Waals surface area contributed by atoms with Gasteiger partial charge in [-0.3, -0.25) is 4.72 Å². The summed E-state index contributed by atoms with van der Waals surface area (Å²) in [5.41, 5.74) is 1.00. The number of rotatable bonds is 5. The van der Waals surface area contributed by atoms with E-state index in [0.717, 1.165) is 25.9 Å². The van der Waals surface area contributed by atoms with Crippen LogP contribution in [0.25, 0.3) is 0 Å². The van der Waals surface area contributed by atoms with E-state index in [-0.39, 0.29) is 10.5 Å². The molecule has 2 N–H and O–H groups in total. The summed E-state index contributed by atoms with van der Waals surface area (Å²) in [5, 5.41) is 9.46. The van der Waals surface area contributed by atoms with E-state index in [9.17, 15) is 18.3 Å². The number of carbonyl (C=O) groups is 1. The Hall–Kier alpha value is -2.54. The van der Waals surface area contributed by atoms with Crippen molar-refractivity contribution in [1.29, 1.82) is 0 Å². The van der Waals surface area contributed by atoms with E-state index in [0.29, 0.717) is 11.4 Å². The number of hydrogen-bond donors (Lipinski definition) is 2. The summed E-state index contributed by atoms with van der Waals surface area (Å²) in [6.07, 6.45) is 2.02. The minimum atomic E-state index is -3.84. The number of aromatic carboxylic acids is 1. The first-order valence-corrected chi connectivity index (χ1v) is 9.16. The highest BCUT2D eigenvalue weighted by Crippen LogP contribution is 2.28. The molecule has 0 aromatic heterocycles. The van der Waals surface area contributed by atoms with E-state index in [4.69, 9.17) is 0 Å². The predicted molar refractivity (Wildman–Crippen MR) is 92.1 cm³/mol. The number of nitrogens with one attached hydrogen (secondary N) is 1. The maximum absolute atomic E-state index is 12.5. The number of sulfonamides is 1. The molecule has 0 atom stereocenters. The summed E-state index contributed by atoms with van der Waals surface area (Å²) in [7, 11) is -3.84. The van der Waals surface area contributed by atoms with Crippen LogP contribution in [0.1, 0.15) is 23.2 Å². The number of para-hydroxylation sites is 1. The van der Waals surface area contributed by atoms with E-state index in [1.165, 1.54) is 12.1 Å². The van der Waals surface area contributed by atoms with Gasteiger partial charge >= 0.3 is 5.97 Å². The van der Waals surface area contributed by atoms with E-state index < -0.39 is 16.0 Å². The molecule has 1 aliphatic heterocycles. The monoisotopic (exact) mass is 346 g/mol. The van der Waals surface area contributed by atoms with Gasteiger partial charge in [0.1, 0.15) is 0 Å². The van der Waals surface area contributed by atoms with Crippen molar-refractivity contribution in [2.75, 3.05) is 22.7 Å². The standard InChI is InChI=1S/C17H18N2O4S/c20-17(21)15-12-14(8-9-16(15)19-10-4-5-11-19)24(22,23)18-13-6-2-1-3-7-13/h1-3,6-9,12,18H,4-5,10-11H2,(H,20,21). The normalized spacial score (nSPS) is 14.6. The molecule has 1 aliphatic rings. The molecule has 24 heavy (non-hydrogen) atoms. The molecule has 0 aliphatic carbocycles. The number of hydrogen-bond acceptors (Lipinski definition) is 4. The van der Waals surface area contributed by atoms with Crippen molar-refractivity contribution >= 4 is 27.4 Å². The van der Waals surface area contributed by atoms with Gasteiger partial charge in [-0.2, -0.15) is 0 Å². The SMILES string of the molecule is O=C(O)c1cc(S(=O)(=O)Nc2ccccc2)ccc1N1CCCC1. The van der Waals surface area contributed by atoms with Crippen LogP contribution in [0.15, 0.2) is 53.4 Å². The Morgan fingerprint density at radius 3 is 2.33 bits per heavy atom. The van der Waals surface area contributed by atoms with Gasteiger partial charge in [0.2, 0.25) is 0 Å². The Labute approximate surface area is 140 Å². The molecule has 1 fully saturated rings. The first kappa shape index (κ1) is 16.3. The highest BCUT2D eigenvalue weighted by atomic mass is 32.2. The Bertz CT molecular complexity index is 844. The summed E-state index contributed by atoms with van der Waals surface area (Å²) in [4.78, 5) is 13.5. The molecule has 2 aromatic carbocycles. The number of carboxylic acid groups (broad SMARTS) is 1. The van der Waals surface area contributed by atoms with Gasteiger partial charge in [0.05, 0.1) is 16.1 Å². The maximum atomic E-state index is 12.5. The van der Waals surface area contributed by atoms with E-state index in [1.54, 1.807) is 36.4 Å². The molecular formula is C17H18N2O4S. The zero-order valence-electron chi connectivity index (χ0n) is 13.0. The molecule has 0 radical (unpaired) electrons. The van der Waals surface area contributed by atoms with Crippen LogP contribution in [0.5, 0.6) is 0 Å². The molecule has 0 saturated carbocycles. The van der Waals surface area contributed by atoms with Crippen molar-refractivity contribution in [2.45, 2.75) is 17.7 Å². The molecule has 7 heteroatoms. The predicted octanol–water partition coefficient (Wildman–Crippen LogP) is 2.79. The average molecular weight is 346 g/mol. The lowest BCUT2D eigenvalue weighted by atomic mass is 10.1. The largest absolute Gasteiger partial charge is 0.478 e. The van der Waals surface area contributed by atoms with Gasteiger partial charge in [-0.05, 0) is 43.2 Å². The highest BCUT2D eigenvalue weighted by Gasteiger charge is 2.23. The summed E-state index contributed by atoms with van der Waals surface area (Å²) in [6.45, 7) is 1.57. The van der Waals surface area contributed by atoms with E-state index in [1.807, 2.05) is 4.90 Å². The Kier molecular flexibility index (Phi) is 4.44. The Morgan fingerprint density at radius 2 is 1.71 bits per heavy atom. The van der Waals surface area contributed by atoms with Crippen LogP contribution in [0.4, 0.5) is 11.4 Å². The van der Waals surface area contributed by atoms with Crippen molar-refractivity contribution in [3.05, 3.63) is 54.1 Å². The van der Waals surface area contributed by atoms with Gasteiger partial charge in [-0.15, -0.1) is 0 Å². The number of carboxylic acids is 1. The first-order valence-electron chi connectivity index (χ1n) is 7.67. The highest BCUT2D eigenvalue weighted by molar-refractivity contribution is 7.92. The molecule has 2 aromatic rings. The lowest BCUT2D eigenvalue weighted by molar-refractivity contribution is 0.0697. The number of anilines is 2. The molecule has 0 bridgehead atoms. The van der Waals surface area contributed by atoms with Gasteiger partial charge in [0.25, 0.3) is 10.0 Å². The summed E-state index contributed by atoms with van der Waals surface area (Å²) in [5.74, 6) is -1.13. The second kappa shape index (κ2) is 6.52. The Balaban J connectivity index is 1.96. The first-order chi connectivity index (χ1) is 11.5. The maximum Gasteiger partial charge on any atom is 0.337 e. The topological polar surface area (TPSA) is 86.7 Å². The van der Waals surface area contributed by atoms with Crippen LogP contribution in [0.2, 0.25) is 0 Å². The van der Waals surface area contributed by atoms with Crippen LogP contribution in [-0.2, 0) is 10.0 Å². The zero-order chi connectivity index (χ0) is 17.2. The molecule has 3 rings (SSSR count). The van der Waals surface area contributed by atoms with Crippen LogP contribution < -0.4 is 9.62 Å². The van der Waals surface area contributed by atoms with Crippen LogP contribution in [0.3, 0.4) is 0 Å². The molecule has 1 saturated heterocycles. The van der Waals surface area contributed by atoms with E-state index in [2.05, 4.69) is 4.72 Å². The molecule has 0 amide bonds. The van der Waals surface area contributed by atoms with Gasteiger partial charge < -0.3 is 10.0 Å². The third kappa shape index (κ3) is 3.35. The molecular weight excluding hydrogens is 328 g/mol. The second-order valence-electron chi connectivity index (χ2n) is 5.65. The minimum Gasteiger partial charge on any atom is -0.478 e. The third-order valence-corrected chi connectivity index (χ3v) is 5.36. The van der Waals surface area contributed by atoms with Gasteiger partial charge in [-0.1, -0.05) is 18.2 Å². The van der Waals surface area contributed by atoms with Crippen LogP contribution in [-0.4, -0.2) is 32.6 Å². The fourth-order valence-corrected chi connectivity index (χ4v) is 3.89. The van der Waals surface area contributed by atoms with Crippen molar-refractivity contribution in [2.24, 2.45) is 0 Å². The minimum absolute atomic E-state index is 0.00726. The average Bonchev–Trinajstić information content (AvgIpc) is 3.09. The quantitative estimate of drug-likeness (QED) is 0.869. The molecule has 1 heterocycles. The van der Waals surface area contributed by atoms with Crippen molar-refractivity contribution < 1.29 is 18.3 Å². The zero-order valence-corrected chi connectivity index (χ0v) is 13.8. The second-order valence-corrected chi connectivity index (χ2v) is 7.33. The van der Waals surface area contributed by atoms with Crippen molar-refractivity contribution in [1.82, 2.24) is 0 Å². The summed E-state index contributed by atoms with van der Waals surface area (Å²) < 4.78 is 27.4.